The largest absolute Gasteiger partial charge is 0.369 e. The van der Waals surface area contributed by atoms with Crippen molar-refractivity contribution < 1.29 is 4.79 Å². The average Bonchev–Trinajstić information content (AvgIpc) is 2.60. The van der Waals surface area contributed by atoms with E-state index in [0.29, 0.717) is 22.2 Å². The van der Waals surface area contributed by atoms with Crippen molar-refractivity contribution in [3.63, 3.8) is 0 Å². The minimum absolute atomic E-state index is 0.0722. The molecule has 0 aliphatic heterocycles. The molecule has 0 atom stereocenters. The fourth-order valence-corrected chi connectivity index (χ4v) is 3.35. The maximum atomic E-state index is 12.0. The number of carbonyl (C=O) groups excluding carboxylic acids is 1. The van der Waals surface area contributed by atoms with E-state index in [9.17, 15) is 9.59 Å². The molecule has 0 fully saturated rings. The van der Waals surface area contributed by atoms with E-state index in [-0.39, 0.29) is 23.5 Å². The number of carbonyl (C=O) groups is 1. The Labute approximate surface area is 155 Å². The highest BCUT2D eigenvalue weighted by molar-refractivity contribution is 7.98. The first kappa shape index (κ1) is 18.0. The molecule has 0 saturated carbocycles. The molecule has 1 aromatic heterocycles. The molecule has 3 aromatic rings. The van der Waals surface area contributed by atoms with Crippen LogP contribution in [0.2, 0.25) is 0 Å². The van der Waals surface area contributed by atoms with Crippen molar-refractivity contribution in [1.82, 2.24) is 15.3 Å². The summed E-state index contributed by atoms with van der Waals surface area (Å²) >= 11 is 1.64. The highest BCUT2D eigenvalue weighted by atomic mass is 32.2. The van der Waals surface area contributed by atoms with E-state index in [1.165, 1.54) is 0 Å². The van der Waals surface area contributed by atoms with E-state index >= 15 is 0 Å². The van der Waals surface area contributed by atoms with Crippen LogP contribution in [0.25, 0.3) is 10.9 Å². The Morgan fingerprint density at radius 1 is 1.23 bits per heavy atom. The number of nitrogens with two attached hydrogens (primary N) is 1. The summed E-state index contributed by atoms with van der Waals surface area (Å²) in [6, 6.07) is 13.2. The van der Waals surface area contributed by atoms with E-state index in [0.717, 1.165) is 10.5 Å². The maximum absolute atomic E-state index is 12.0. The summed E-state index contributed by atoms with van der Waals surface area (Å²) in [5, 5.41) is 3.40. The lowest BCUT2D eigenvalue weighted by molar-refractivity contribution is 0.0943. The normalized spacial score (nSPS) is 11.0. The monoisotopic (exact) mass is 368 g/mol. The van der Waals surface area contributed by atoms with Gasteiger partial charge >= 0.3 is 0 Å². The van der Waals surface area contributed by atoms with Crippen LogP contribution < -0.4 is 16.6 Å². The second-order valence-corrected chi connectivity index (χ2v) is 7.29. The van der Waals surface area contributed by atoms with Gasteiger partial charge in [0.1, 0.15) is 0 Å². The molecular formula is C19H20N4O2S. The molecule has 0 bridgehead atoms. The van der Waals surface area contributed by atoms with E-state index in [2.05, 4.69) is 15.3 Å². The third kappa shape index (κ3) is 4.23. The SMILES string of the molecule is CC(C)NC(=O)c1ccc(SCc2ccc3nc(N)[nH]c(=O)c3c2)cc1. The van der Waals surface area contributed by atoms with Gasteiger partial charge in [0.25, 0.3) is 11.5 Å². The van der Waals surface area contributed by atoms with Crippen molar-refractivity contribution >= 4 is 34.5 Å². The van der Waals surface area contributed by atoms with Gasteiger partial charge in [-0.2, -0.15) is 0 Å². The number of nitrogens with zero attached hydrogens (tertiary/aromatic N) is 1. The minimum atomic E-state index is -0.236. The summed E-state index contributed by atoms with van der Waals surface area (Å²) in [6.45, 7) is 3.86. The number of nitrogen functional groups attached to an aromatic ring is 1. The fourth-order valence-electron chi connectivity index (χ4n) is 2.51. The van der Waals surface area contributed by atoms with Gasteiger partial charge in [-0.1, -0.05) is 6.07 Å². The summed E-state index contributed by atoms with van der Waals surface area (Å²) in [7, 11) is 0. The fraction of sp³-hybridized carbons (Fsp3) is 0.211. The Kier molecular flexibility index (Phi) is 5.27. The van der Waals surface area contributed by atoms with E-state index in [1.807, 2.05) is 50.2 Å². The molecular weight excluding hydrogens is 348 g/mol. The molecule has 0 radical (unpaired) electrons. The molecule has 0 saturated heterocycles. The zero-order chi connectivity index (χ0) is 18.7. The lowest BCUT2D eigenvalue weighted by Gasteiger charge is -2.09. The molecule has 0 unspecified atom stereocenters. The van der Waals surface area contributed by atoms with Crippen molar-refractivity contribution in [2.45, 2.75) is 30.5 Å². The number of hydrogen-bond acceptors (Lipinski definition) is 5. The predicted molar refractivity (Wildman–Crippen MR) is 105 cm³/mol. The molecule has 3 rings (SSSR count). The molecule has 134 valence electrons. The Hall–Kier alpha value is -2.80. The van der Waals surface area contributed by atoms with Crippen molar-refractivity contribution in [3.8, 4) is 0 Å². The van der Waals surface area contributed by atoms with Crippen LogP contribution in [-0.4, -0.2) is 21.9 Å². The van der Waals surface area contributed by atoms with E-state index in [4.69, 9.17) is 5.73 Å². The Bertz CT molecular complexity index is 997. The summed E-state index contributed by atoms with van der Waals surface area (Å²) < 4.78 is 0. The van der Waals surface area contributed by atoms with Crippen LogP contribution in [-0.2, 0) is 5.75 Å². The summed E-state index contributed by atoms with van der Waals surface area (Å²) in [5.74, 6) is 0.750. The molecule has 6 nitrogen and oxygen atoms in total. The highest BCUT2D eigenvalue weighted by Gasteiger charge is 2.07. The van der Waals surface area contributed by atoms with Gasteiger partial charge in [-0.05, 0) is 55.8 Å². The van der Waals surface area contributed by atoms with Gasteiger partial charge in [-0.3, -0.25) is 14.6 Å². The van der Waals surface area contributed by atoms with Crippen LogP contribution in [0.5, 0.6) is 0 Å². The third-order valence-corrected chi connectivity index (χ3v) is 4.81. The first-order valence-electron chi connectivity index (χ1n) is 8.24. The highest BCUT2D eigenvalue weighted by Crippen LogP contribution is 2.24. The number of H-pyrrole nitrogens is 1. The first-order chi connectivity index (χ1) is 12.4. The standard InChI is InChI=1S/C19H20N4O2S/c1-11(2)21-17(24)13-4-6-14(7-5-13)26-10-12-3-8-16-15(9-12)18(25)23-19(20)22-16/h3-9,11H,10H2,1-2H3,(H,21,24)(H3,20,22,23,25). The van der Waals surface area contributed by atoms with Crippen LogP contribution in [0.4, 0.5) is 5.95 Å². The molecule has 0 spiro atoms. The Morgan fingerprint density at radius 2 is 1.96 bits per heavy atom. The smallest absolute Gasteiger partial charge is 0.260 e. The van der Waals surface area contributed by atoms with Crippen LogP contribution in [0.3, 0.4) is 0 Å². The zero-order valence-electron chi connectivity index (χ0n) is 14.6. The number of aromatic nitrogens is 2. The first-order valence-corrected chi connectivity index (χ1v) is 9.23. The van der Waals surface area contributed by atoms with E-state index in [1.54, 1.807) is 17.8 Å². The average molecular weight is 368 g/mol. The van der Waals surface area contributed by atoms with Gasteiger partial charge in [0.15, 0.2) is 0 Å². The number of amides is 1. The molecule has 0 aliphatic carbocycles. The van der Waals surface area contributed by atoms with E-state index < -0.39 is 0 Å². The lowest BCUT2D eigenvalue weighted by atomic mass is 10.2. The number of benzene rings is 2. The number of anilines is 1. The Morgan fingerprint density at radius 3 is 2.65 bits per heavy atom. The molecule has 0 aliphatic rings. The molecule has 4 N–H and O–H groups in total. The van der Waals surface area contributed by atoms with Gasteiger partial charge in [-0.25, -0.2) is 4.98 Å². The van der Waals surface area contributed by atoms with Gasteiger partial charge in [-0.15, -0.1) is 11.8 Å². The third-order valence-electron chi connectivity index (χ3n) is 3.73. The zero-order valence-corrected chi connectivity index (χ0v) is 15.4. The van der Waals surface area contributed by atoms with Crippen molar-refractivity contribution in [3.05, 3.63) is 63.9 Å². The minimum Gasteiger partial charge on any atom is -0.369 e. The molecule has 1 heterocycles. The summed E-state index contributed by atoms with van der Waals surface area (Å²) in [5.41, 5.74) is 7.56. The number of thioether (sulfide) groups is 1. The summed E-state index contributed by atoms with van der Waals surface area (Å²) in [4.78, 5) is 31.6. The summed E-state index contributed by atoms with van der Waals surface area (Å²) in [6.07, 6.45) is 0. The van der Waals surface area contributed by atoms with Crippen LogP contribution in [0.1, 0.15) is 29.8 Å². The second-order valence-electron chi connectivity index (χ2n) is 6.24. The lowest BCUT2D eigenvalue weighted by Crippen LogP contribution is -2.29. The molecule has 2 aromatic carbocycles. The Balaban J connectivity index is 1.70. The molecule has 1 amide bonds. The van der Waals surface area contributed by atoms with Gasteiger partial charge in [0.05, 0.1) is 10.9 Å². The van der Waals surface area contributed by atoms with Crippen LogP contribution in [0, 0.1) is 0 Å². The quantitative estimate of drug-likeness (QED) is 0.601. The number of nitrogens with one attached hydrogen (secondary N) is 2. The number of hydrogen-bond donors (Lipinski definition) is 3. The van der Waals surface area contributed by atoms with Gasteiger partial charge < -0.3 is 11.1 Å². The van der Waals surface area contributed by atoms with Crippen LogP contribution >= 0.6 is 11.8 Å². The topological polar surface area (TPSA) is 101 Å². The number of aromatic amines is 1. The van der Waals surface area contributed by atoms with Crippen molar-refractivity contribution in [2.75, 3.05) is 5.73 Å². The van der Waals surface area contributed by atoms with Gasteiger partial charge in [0, 0.05) is 22.3 Å². The maximum Gasteiger partial charge on any atom is 0.260 e. The van der Waals surface area contributed by atoms with Crippen molar-refractivity contribution in [1.29, 1.82) is 0 Å². The molecule has 26 heavy (non-hydrogen) atoms. The van der Waals surface area contributed by atoms with Crippen LogP contribution in [0.15, 0.2) is 52.2 Å². The second kappa shape index (κ2) is 7.61. The van der Waals surface area contributed by atoms with Crippen molar-refractivity contribution in [2.24, 2.45) is 0 Å². The van der Waals surface area contributed by atoms with Gasteiger partial charge in [0.2, 0.25) is 5.95 Å². The number of fused-ring (bicyclic) bond motifs is 1. The molecule has 7 heteroatoms. The predicted octanol–water partition coefficient (Wildman–Crippen LogP) is 2.94. The number of rotatable bonds is 5.